The van der Waals surface area contributed by atoms with Gasteiger partial charge >= 0.3 is 0 Å². The number of hydrogen-bond donors (Lipinski definition) is 1. The second kappa shape index (κ2) is 11.8. The van der Waals surface area contributed by atoms with Crippen molar-refractivity contribution >= 4 is 39.9 Å². The summed E-state index contributed by atoms with van der Waals surface area (Å²) in [6, 6.07) is 20.2. The van der Waals surface area contributed by atoms with Crippen LogP contribution in [-0.4, -0.2) is 64.0 Å². The van der Waals surface area contributed by atoms with Crippen LogP contribution >= 0.6 is 11.3 Å². The maximum atomic E-state index is 14.1. The number of hydrogen-bond acceptors (Lipinski definition) is 6. The SMILES string of the molecule is Cc1ccc2c(c1)c(C(=O)N1CCN(c3ccc(C(=O)NCCc4scnc4C)cn3)CC1)c(-c1ccccc1)n2C. The van der Waals surface area contributed by atoms with E-state index in [9.17, 15) is 9.59 Å². The molecule has 5 aromatic rings. The summed E-state index contributed by atoms with van der Waals surface area (Å²) < 4.78 is 2.13. The minimum atomic E-state index is -0.133. The predicted octanol–water partition coefficient (Wildman–Crippen LogP) is 5.25. The van der Waals surface area contributed by atoms with Gasteiger partial charge in [-0.1, -0.05) is 42.0 Å². The first-order valence-electron chi connectivity index (χ1n) is 14.2. The molecule has 1 aliphatic heterocycles. The Morgan fingerprint density at radius 1 is 0.952 bits per heavy atom. The van der Waals surface area contributed by atoms with E-state index in [1.807, 2.05) is 54.7 Å². The number of anilines is 1. The minimum Gasteiger partial charge on any atom is -0.353 e. The Hall–Kier alpha value is -4.50. The highest BCUT2D eigenvalue weighted by Crippen LogP contribution is 2.35. The lowest BCUT2D eigenvalue weighted by molar-refractivity contribution is 0.0748. The van der Waals surface area contributed by atoms with E-state index in [1.165, 1.54) is 4.88 Å². The van der Waals surface area contributed by atoms with Crippen LogP contribution in [0.25, 0.3) is 22.2 Å². The lowest BCUT2D eigenvalue weighted by Gasteiger charge is -2.35. The Morgan fingerprint density at radius 2 is 1.74 bits per heavy atom. The molecule has 1 saturated heterocycles. The summed E-state index contributed by atoms with van der Waals surface area (Å²) in [6.07, 6.45) is 2.40. The van der Waals surface area contributed by atoms with Crippen molar-refractivity contribution < 1.29 is 9.59 Å². The van der Waals surface area contributed by atoms with Crippen LogP contribution < -0.4 is 10.2 Å². The zero-order valence-corrected chi connectivity index (χ0v) is 24.9. The molecule has 0 saturated carbocycles. The van der Waals surface area contributed by atoms with Crippen molar-refractivity contribution in [1.82, 2.24) is 24.8 Å². The van der Waals surface area contributed by atoms with E-state index in [-0.39, 0.29) is 11.8 Å². The Balaban J connectivity index is 1.13. The molecule has 4 heterocycles. The monoisotopic (exact) mass is 578 g/mol. The van der Waals surface area contributed by atoms with Crippen molar-refractivity contribution in [1.29, 1.82) is 0 Å². The summed E-state index contributed by atoms with van der Waals surface area (Å²) in [7, 11) is 2.03. The predicted molar refractivity (Wildman–Crippen MR) is 168 cm³/mol. The van der Waals surface area contributed by atoms with Crippen LogP contribution in [0.1, 0.15) is 36.9 Å². The molecule has 2 amide bonds. The summed E-state index contributed by atoms with van der Waals surface area (Å²) in [4.78, 5) is 40.9. The Kier molecular flexibility index (Phi) is 7.75. The van der Waals surface area contributed by atoms with Crippen LogP contribution in [0.15, 0.2) is 72.4 Å². The van der Waals surface area contributed by atoms with Gasteiger partial charge in [0.1, 0.15) is 5.82 Å². The molecule has 9 heteroatoms. The maximum absolute atomic E-state index is 14.1. The number of piperazine rings is 1. The quantitative estimate of drug-likeness (QED) is 0.285. The zero-order valence-electron chi connectivity index (χ0n) is 24.1. The van der Waals surface area contributed by atoms with Crippen LogP contribution in [0.5, 0.6) is 0 Å². The fourth-order valence-electron chi connectivity index (χ4n) is 5.67. The summed E-state index contributed by atoms with van der Waals surface area (Å²) >= 11 is 1.61. The van der Waals surface area contributed by atoms with Gasteiger partial charge in [0.05, 0.1) is 28.0 Å². The van der Waals surface area contributed by atoms with E-state index in [2.05, 4.69) is 62.0 Å². The van der Waals surface area contributed by atoms with Crippen LogP contribution in [-0.2, 0) is 13.5 Å². The first kappa shape index (κ1) is 27.7. The number of benzene rings is 2. The van der Waals surface area contributed by atoms with Crippen LogP contribution in [0.3, 0.4) is 0 Å². The minimum absolute atomic E-state index is 0.0539. The number of thiazole rings is 1. The number of aryl methyl sites for hydroxylation is 3. The summed E-state index contributed by atoms with van der Waals surface area (Å²) in [6.45, 7) is 7.13. The van der Waals surface area contributed by atoms with E-state index >= 15 is 0 Å². The largest absolute Gasteiger partial charge is 0.353 e. The van der Waals surface area contributed by atoms with Gasteiger partial charge in [-0.15, -0.1) is 11.3 Å². The molecule has 1 fully saturated rings. The molecule has 3 aromatic heterocycles. The average molecular weight is 579 g/mol. The van der Waals surface area contributed by atoms with Crippen molar-refractivity contribution in [2.45, 2.75) is 20.3 Å². The molecule has 2 aromatic carbocycles. The highest BCUT2D eigenvalue weighted by molar-refractivity contribution is 7.09. The topological polar surface area (TPSA) is 83.4 Å². The summed E-state index contributed by atoms with van der Waals surface area (Å²) in [5.74, 6) is 0.731. The van der Waals surface area contributed by atoms with Gasteiger partial charge in [0.15, 0.2) is 0 Å². The number of aromatic nitrogens is 3. The number of carbonyl (C=O) groups excluding carboxylic acids is 2. The van der Waals surface area contributed by atoms with Gasteiger partial charge < -0.3 is 19.7 Å². The fraction of sp³-hybridized carbons (Fsp3) is 0.273. The molecule has 1 N–H and O–H groups in total. The van der Waals surface area contributed by atoms with E-state index in [4.69, 9.17) is 0 Å². The summed E-state index contributed by atoms with van der Waals surface area (Å²) in [5.41, 5.74) is 8.30. The third-order valence-electron chi connectivity index (χ3n) is 8.00. The molecule has 1 aliphatic rings. The van der Waals surface area contributed by atoms with Crippen molar-refractivity contribution in [3.63, 3.8) is 0 Å². The highest BCUT2D eigenvalue weighted by Gasteiger charge is 2.29. The second-order valence-electron chi connectivity index (χ2n) is 10.7. The molecule has 0 aliphatic carbocycles. The number of fused-ring (bicyclic) bond motifs is 1. The smallest absolute Gasteiger partial charge is 0.256 e. The lowest BCUT2D eigenvalue weighted by Crippen LogP contribution is -2.49. The molecule has 214 valence electrons. The van der Waals surface area contributed by atoms with E-state index in [0.29, 0.717) is 38.3 Å². The van der Waals surface area contributed by atoms with Gasteiger partial charge in [0, 0.05) is 68.2 Å². The maximum Gasteiger partial charge on any atom is 0.256 e. The number of amides is 2. The molecule has 6 rings (SSSR count). The standard InChI is InChI=1S/C33H34N6O2S/c1-22-9-11-27-26(19-22)30(31(37(27)3)24-7-5-4-6-8-24)33(41)39-17-15-38(16-18-39)29-12-10-25(20-35-29)32(40)34-14-13-28-23(2)36-21-42-28/h4-12,19-21H,13-18H2,1-3H3,(H,34,40). The van der Waals surface area contributed by atoms with Crippen LogP contribution in [0.2, 0.25) is 0 Å². The Morgan fingerprint density at radius 3 is 2.43 bits per heavy atom. The van der Waals surface area contributed by atoms with Crippen LogP contribution in [0, 0.1) is 13.8 Å². The second-order valence-corrected chi connectivity index (χ2v) is 11.7. The molecule has 0 bridgehead atoms. The van der Waals surface area contributed by atoms with Crippen LogP contribution in [0.4, 0.5) is 5.82 Å². The Bertz CT molecular complexity index is 1730. The molecule has 0 radical (unpaired) electrons. The third kappa shape index (κ3) is 5.39. The number of rotatable bonds is 7. The van der Waals surface area contributed by atoms with E-state index < -0.39 is 0 Å². The van der Waals surface area contributed by atoms with Gasteiger partial charge in [-0.25, -0.2) is 9.97 Å². The zero-order chi connectivity index (χ0) is 29.2. The van der Waals surface area contributed by atoms with Crippen molar-refractivity contribution in [2.75, 3.05) is 37.6 Å². The van der Waals surface area contributed by atoms with Gasteiger partial charge in [-0.05, 0) is 43.7 Å². The van der Waals surface area contributed by atoms with Crippen molar-refractivity contribution in [3.05, 3.63) is 99.6 Å². The van der Waals surface area contributed by atoms with E-state index in [0.717, 1.165) is 51.2 Å². The lowest BCUT2D eigenvalue weighted by atomic mass is 10.0. The first-order valence-corrected chi connectivity index (χ1v) is 15.1. The van der Waals surface area contributed by atoms with Gasteiger partial charge in [-0.3, -0.25) is 9.59 Å². The van der Waals surface area contributed by atoms with Gasteiger partial charge in [0.2, 0.25) is 0 Å². The fourth-order valence-corrected chi connectivity index (χ4v) is 6.45. The molecule has 42 heavy (non-hydrogen) atoms. The number of nitrogens with one attached hydrogen (secondary N) is 1. The Labute approximate surface area is 249 Å². The first-order chi connectivity index (χ1) is 20.4. The molecular weight excluding hydrogens is 544 g/mol. The van der Waals surface area contributed by atoms with Crippen molar-refractivity contribution in [3.8, 4) is 11.3 Å². The average Bonchev–Trinajstić information content (AvgIpc) is 3.56. The summed E-state index contributed by atoms with van der Waals surface area (Å²) in [5, 5.41) is 3.96. The molecule has 8 nitrogen and oxygen atoms in total. The van der Waals surface area contributed by atoms with Gasteiger partial charge in [0.25, 0.3) is 11.8 Å². The van der Waals surface area contributed by atoms with Gasteiger partial charge in [-0.2, -0.15) is 0 Å². The molecule has 0 atom stereocenters. The van der Waals surface area contributed by atoms with E-state index in [1.54, 1.807) is 17.5 Å². The van der Waals surface area contributed by atoms with Crippen molar-refractivity contribution in [2.24, 2.45) is 7.05 Å². The number of pyridine rings is 1. The normalized spacial score (nSPS) is 13.5. The number of carbonyl (C=O) groups is 2. The number of nitrogens with zero attached hydrogens (tertiary/aromatic N) is 5. The molecule has 0 spiro atoms. The molecular formula is C33H34N6O2S. The molecule has 0 unspecified atom stereocenters. The third-order valence-corrected chi connectivity index (χ3v) is 8.99. The highest BCUT2D eigenvalue weighted by atomic mass is 32.1.